The molecule has 0 unspecified atom stereocenters. The van der Waals surface area contributed by atoms with Gasteiger partial charge in [-0.25, -0.2) is 0 Å². The van der Waals surface area contributed by atoms with Crippen LogP contribution in [0.3, 0.4) is 0 Å². The molecule has 0 aliphatic carbocycles. The Morgan fingerprint density at radius 3 is 2.50 bits per heavy atom. The molecule has 0 aliphatic rings. The van der Waals surface area contributed by atoms with Crippen molar-refractivity contribution in [2.45, 2.75) is 6.54 Å². The highest BCUT2D eigenvalue weighted by molar-refractivity contribution is 6.35. The first-order valence-corrected chi connectivity index (χ1v) is 6.23. The average Bonchev–Trinajstić information content (AvgIpc) is 2.80. The summed E-state index contributed by atoms with van der Waals surface area (Å²) >= 11 is 6.21. The van der Waals surface area contributed by atoms with Gasteiger partial charge in [-0.3, -0.25) is 0 Å². The first kappa shape index (κ1) is 11.3. The minimum atomic E-state index is 0.467. The summed E-state index contributed by atoms with van der Waals surface area (Å²) in [4.78, 5) is 3.32. The van der Waals surface area contributed by atoms with Crippen molar-refractivity contribution in [3.63, 3.8) is 0 Å². The van der Waals surface area contributed by atoms with Crippen molar-refractivity contribution >= 4 is 22.5 Å². The minimum Gasteiger partial charge on any atom is -0.356 e. The molecule has 0 radical (unpaired) electrons. The number of benzene rings is 2. The summed E-state index contributed by atoms with van der Waals surface area (Å²) in [7, 11) is 0. The molecule has 0 saturated heterocycles. The number of para-hydroxylation sites is 1. The lowest BCUT2D eigenvalue weighted by Crippen LogP contribution is -1.98. The largest absolute Gasteiger partial charge is 0.356 e. The van der Waals surface area contributed by atoms with Gasteiger partial charge in [-0.05, 0) is 11.6 Å². The second-order valence-electron chi connectivity index (χ2n) is 4.21. The number of fused-ring (bicyclic) bond motifs is 1. The van der Waals surface area contributed by atoms with E-state index in [1.807, 2.05) is 30.3 Å². The van der Waals surface area contributed by atoms with E-state index in [-0.39, 0.29) is 0 Å². The molecular formula is C15H13ClN2. The highest BCUT2D eigenvalue weighted by atomic mass is 35.5. The molecule has 0 amide bonds. The van der Waals surface area contributed by atoms with Crippen molar-refractivity contribution < 1.29 is 0 Å². The molecule has 1 heterocycles. The molecule has 3 rings (SSSR count). The number of H-pyrrole nitrogens is 1. The standard InChI is InChI=1S/C15H13ClN2/c16-12-8-4-7-11-14(10-5-2-1-3-6-10)13(9-17)18-15(11)12/h1-8,18H,9,17H2. The van der Waals surface area contributed by atoms with Crippen LogP contribution in [0.4, 0.5) is 0 Å². The highest BCUT2D eigenvalue weighted by Gasteiger charge is 2.13. The molecule has 0 bridgehead atoms. The van der Waals surface area contributed by atoms with Gasteiger partial charge in [0.05, 0.1) is 10.5 Å². The van der Waals surface area contributed by atoms with Crippen molar-refractivity contribution in [3.8, 4) is 11.1 Å². The first-order valence-electron chi connectivity index (χ1n) is 5.86. The second kappa shape index (κ2) is 4.48. The predicted molar refractivity (Wildman–Crippen MR) is 76.6 cm³/mol. The zero-order valence-corrected chi connectivity index (χ0v) is 10.5. The van der Waals surface area contributed by atoms with Crippen molar-refractivity contribution in [1.82, 2.24) is 4.98 Å². The van der Waals surface area contributed by atoms with Gasteiger partial charge in [-0.1, -0.05) is 54.1 Å². The molecule has 0 atom stereocenters. The molecule has 3 aromatic rings. The molecule has 0 saturated carbocycles. The van der Waals surface area contributed by atoms with Crippen molar-refractivity contribution in [2.24, 2.45) is 5.73 Å². The van der Waals surface area contributed by atoms with Crippen LogP contribution in [0.15, 0.2) is 48.5 Å². The fourth-order valence-corrected chi connectivity index (χ4v) is 2.54. The zero-order valence-electron chi connectivity index (χ0n) is 9.78. The van der Waals surface area contributed by atoms with Crippen LogP contribution in [0.5, 0.6) is 0 Å². The number of aromatic nitrogens is 1. The molecule has 3 N–H and O–H groups in total. The number of aromatic amines is 1. The minimum absolute atomic E-state index is 0.467. The molecule has 0 aliphatic heterocycles. The Balaban J connectivity index is 2.37. The van der Waals surface area contributed by atoms with Gasteiger partial charge in [0, 0.05) is 23.2 Å². The Labute approximate surface area is 110 Å². The van der Waals surface area contributed by atoms with Gasteiger partial charge in [0.2, 0.25) is 0 Å². The topological polar surface area (TPSA) is 41.8 Å². The molecule has 2 aromatic carbocycles. The fourth-order valence-electron chi connectivity index (χ4n) is 2.32. The monoisotopic (exact) mass is 256 g/mol. The van der Waals surface area contributed by atoms with Gasteiger partial charge < -0.3 is 10.7 Å². The number of nitrogens with two attached hydrogens (primary N) is 1. The summed E-state index contributed by atoms with van der Waals surface area (Å²) in [5, 5.41) is 1.85. The van der Waals surface area contributed by atoms with E-state index in [2.05, 4.69) is 23.2 Å². The van der Waals surface area contributed by atoms with Crippen LogP contribution >= 0.6 is 11.6 Å². The van der Waals surface area contributed by atoms with Crippen LogP contribution in [-0.2, 0) is 6.54 Å². The molecule has 0 spiro atoms. The maximum Gasteiger partial charge on any atom is 0.0652 e. The van der Waals surface area contributed by atoms with Crippen LogP contribution < -0.4 is 5.73 Å². The van der Waals surface area contributed by atoms with E-state index in [4.69, 9.17) is 17.3 Å². The molecule has 2 nitrogen and oxygen atoms in total. The number of rotatable bonds is 2. The van der Waals surface area contributed by atoms with E-state index in [0.29, 0.717) is 6.54 Å². The summed E-state index contributed by atoms with van der Waals surface area (Å²) in [6.07, 6.45) is 0. The predicted octanol–water partition coefficient (Wildman–Crippen LogP) is 3.95. The lowest BCUT2D eigenvalue weighted by Gasteiger charge is -2.02. The smallest absolute Gasteiger partial charge is 0.0652 e. The Hall–Kier alpha value is -1.77. The lowest BCUT2D eigenvalue weighted by atomic mass is 10.0. The van der Waals surface area contributed by atoms with Crippen molar-refractivity contribution in [2.75, 3.05) is 0 Å². The van der Waals surface area contributed by atoms with Crippen LogP contribution in [0.25, 0.3) is 22.0 Å². The molecular weight excluding hydrogens is 244 g/mol. The normalized spacial score (nSPS) is 11.0. The summed E-state index contributed by atoms with van der Waals surface area (Å²) in [5.41, 5.74) is 10.1. The third-order valence-corrected chi connectivity index (χ3v) is 3.44. The lowest BCUT2D eigenvalue weighted by molar-refractivity contribution is 1.02. The highest BCUT2D eigenvalue weighted by Crippen LogP contribution is 2.35. The molecule has 1 aromatic heterocycles. The fraction of sp³-hybridized carbons (Fsp3) is 0.0667. The Morgan fingerprint density at radius 2 is 1.78 bits per heavy atom. The SMILES string of the molecule is NCc1[nH]c2c(Cl)cccc2c1-c1ccccc1. The van der Waals surface area contributed by atoms with E-state index in [0.717, 1.165) is 32.7 Å². The Kier molecular flexibility index (Phi) is 2.82. The average molecular weight is 257 g/mol. The number of hydrogen-bond donors (Lipinski definition) is 2. The van der Waals surface area contributed by atoms with Gasteiger partial charge in [0.15, 0.2) is 0 Å². The molecule has 0 fully saturated rings. The first-order chi connectivity index (χ1) is 8.81. The van der Waals surface area contributed by atoms with E-state index in [1.54, 1.807) is 0 Å². The maximum absolute atomic E-state index is 6.21. The quantitative estimate of drug-likeness (QED) is 0.716. The molecule has 90 valence electrons. The summed E-state index contributed by atoms with van der Waals surface area (Å²) in [6.45, 7) is 0.467. The number of nitrogens with one attached hydrogen (secondary N) is 1. The molecule has 18 heavy (non-hydrogen) atoms. The number of hydrogen-bond acceptors (Lipinski definition) is 1. The van der Waals surface area contributed by atoms with Gasteiger partial charge in [0.1, 0.15) is 0 Å². The Bertz CT molecular complexity index is 686. The van der Waals surface area contributed by atoms with Gasteiger partial charge in [-0.2, -0.15) is 0 Å². The van der Waals surface area contributed by atoms with Crippen LogP contribution in [-0.4, -0.2) is 4.98 Å². The van der Waals surface area contributed by atoms with E-state index in [9.17, 15) is 0 Å². The van der Waals surface area contributed by atoms with Gasteiger partial charge in [-0.15, -0.1) is 0 Å². The van der Waals surface area contributed by atoms with Gasteiger partial charge >= 0.3 is 0 Å². The zero-order chi connectivity index (χ0) is 12.5. The third kappa shape index (κ3) is 1.70. The van der Waals surface area contributed by atoms with E-state index >= 15 is 0 Å². The Morgan fingerprint density at radius 1 is 1.00 bits per heavy atom. The van der Waals surface area contributed by atoms with Crippen molar-refractivity contribution in [3.05, 3.63) is 59.2 Å². The maximum atomic E-state index is 6.21. The van der Waals surface area contributed by atoms with Crippen LogP contribution in [0, 0.1) is 0 Å². The third-order valence-electron chi connectivity index (χ3n) is 3.13. The number of halogens is 1. The van der Waals surface area contributed by atoms with E-state index in [1.165, 1.54) is 0 Å². The van der Waals surface area contributed by atoms with Crippen LogP contribution in [0.2, 0.25) is 5.02 Å². The van der Waals surface area contributed by atoms with Crippen molar-refractivity contribution in [1.29, 1.82) is 0 Å². The van der Waals surface area contributed by atoms with E-state index < -0.39 is 0 Å². The second-order valence-corrected chi connectivity index (χ2v) is 4.62. The summed E-state index contributed by atoms with van der Waals surface area (Å²) < 4.78 is 0. The van der Waals surface area contributed by atoms with Crippen LogP contribution in [0.1, 0.15) is 5.69 Å². The summed E-state index contributed by atoms with van der Waals surface area (Å²) in [6, 6.07) is 16.1. The molecule has 3 heteroatoms. The summed E-state index contributed by atoms with van der Waals surface area (Å²) in [5.74, 6) is 0. The van der Waals surface area contributed by atoms with Gasteiger partial charge in [0.25, 0.3) is 0 Å².